The van der Waals surface area contributed by atoms with Crippen LogP contribution in [0.3, 0.4) is 0 Å². The molecule has 5 N–H and O–H groups in total. The Morgan fingerprint density at radius 1 is 0.960 bits per heavy atom. The summed E-state index contributed by atoms with van der Waals surface area (Å²) in [5, 5.41) is 30.4. The highest BCUT2D eigenvalue weighted by Gasteiger charge is 2.39. The maximum absolute atomic E-state index is 14.6. The van der Waals surface area contributed by atoms with Gasteiger partial charge in [-0.25, -0.2) is 4.39 Å². The minimum absolute atomic E-state index is 0.393. The molecule has 0 heterocycles. The molecule has 0 unspecified atom stereocenters. The minimum Gasteiger partial charge on any atom is -0.504 e. The zero-order chi connectivity index (χ0) is 19.9. The summed E-state index contributed by atoms with van der Waals surface area (Å²) in [6.45, 7) is 8.85. The molecule has 25 heavy (non-hydrogen) atoms. The first-order valence-corrected chi connectivity index (χ1v) is 7.91. The number of aliphatic hydroxyl groups excluding tert-OH is 1. The monoisotopic (exact) mass is 355 g/mol. The van der Waals surface area contributed by atoms with Gasteiger partial charge in [0.1, 0.15) is 0 Å². The van der Waals surface area contributed by atoms with Crippen LogP contribution in [0.25, 0.3) is 0 Å². The van der Waals surface area contributed by atoms with Crippen LogP contribution in [0.5, 0.6) is 11.5 Å². The maximum Gasteiger partial charge on any atom is 0.195 e. The van der Waals surface area contributed by atoms with Crippen LogP contribution in [-0.4, -0.2) is 33.4 Å². The normalized spacial score (nSPS) is 13.6. The molecule has 140 valence electrons. The van der Waals surface area contributed by atoms with Crippen LogP contribution >= 0.6 is 0 Å². The van der Waals surface area contributed by atoms with Crippen molar-refractivity contribution in [1.29, 1.82) is 0 Å². The van der Waals surface area contributed by atoms with Crippen molar-refractivity contribution in [3.05, 3.63) is 22.5 Å². The topological polar surface area (TPSA) is 121 Å². The third-order valence-electron chi connectivity index (χ3n) is 3.80. The van der Waals surface area contributed by atoms with Gasteiger partial charge >= 0.3 is 0 Å². The van der Waals surface area contributed by atoms with Crippen LogP contribution in [-0.2, 0) is 0 Å². The van der Waals surface area contributed by atoms with Crippen LogP contribution in [0, 0.1) is 16.6 Å². The third kappa shape index (κ3) is 3.82. The van der Waals surface area contributed by atoms with E-state index in [0.29, 0.717) is 0 Å². The number of nitrogens with two attached hydrogens (primary N) is 1. The lowest BCUT2D eigenvalue weighted by Crippen LogP contribution is -2.29. The summed E-state index contributed by atoms with van der Waals surface area (Å²) in [7, 11) is 0. The van der Waals surface area contributed by atoms with Crippen molar-refractivity contribution < 1.29 is 29.3 Å². The summed E-state index contributed by atoms with van der Waals surface area (Å²) in [5.41, 5.74) is 1.86. The highest BCUT2D eigenvalue weighted by Crippen LogP contribution is 2.44. The summed E-state index contributed by atoms with van der Waals surface area (Å²) < 4.78 is 14.6. The molecule has 6 nitrogen and oxygen atoms in total. The van der Waals surface area contributed by atoms with Gasteiger partial charge in [0, 0.05) is 22.9 Å². The molecule has 7 heteroatoms. The summed E-state index contributed by atoms with van der Waals surface area (Å²) in [6, 6.07) is 0. The van der Waals surface area contributed by atoms with Crippen molar-refractivity contribution in [2.75, 3.05) is 6.54 Å². The van der Waals surface area contributed by atoms with E-state index in [1.807, 2.05) is 0 Å². The zero-order valence-electron chi connectivity index (χ0n) is 15.4. The molecule has 1 atom stereocenters. The molecule has 0 aliphatic carbocycles. The highest BCUT2D eigenvalue weighted by molar-refractivity contribution is 6.09. The lowest BCUT2D eigenvalue weighted by molar-refractivity contribution is 0.0834. The maximum atomic E-state index is 14.6. The number of aliphatic hydroxyl groups is 1. The Morgan fingerprint density at radius 3 is 1.72 bits per heavy atom. The van der Waals surface area contributed by atoms with E-state index in [-0.39, 0.29) is 0 Å². The number of phenols is 2. The van der Waals surface area contributed by atoms with Gasteiger partial charge in [-0.2, -0.15) is 0 Å². The third-order valence-corrected chi connectivity index (χ3v) is 3.80. The van der Waals surface area contributed by atoms with E-state index in [0.717, 1.165) is 0 Å². The number of ketones is 2. The molecule has 0 aliphatic heterocycles. The number of carbonyl (C=O) groups is 2. The van der Waals surface area contributed by atoms with Crippen LogP contribution in [0.15, 0.2) is 0 Å². The lowest BCUT2D eigenvalue weighted by Gasteiger charge is -2.27. The van der Waals surface area contributed by atoms with Gasteiger partial charge in [-0.1, -0.05) is 41.5 Å². The Bertz CT molecular complexity index is 661. The van der Waals surface area contributed by atoms with Gasteiger partial charge in [0.15, 0.2) is 28.9 Å². The second-order valence-electron chi connectivity index (χ2n) is 8.08. The summed E-state index contributed by atoms with van der Waals surface area (Å²) in [6.07, 6.45) is -1.57. The Kier molecular flexibility index (Phi) is 5.66. The van der Waals surface area contributed by atoms with Gasteiger partial charge in [-0.15, -0.1) is 0 Å². The molecule has 0 fully saturated rings. The van der Waals surface area contributed by atoms with Crippen molar-refractivity contribution in [2.45, 2.75) is 47.6 Å². The van der Waals surface area contributed by atoms with E-state index in [9.17, 15) is 29.3 Å². The number of rotatable bonds is 4. The Balaban J connectivity index is 4.06. The molecule has 0 saturated heterocycles. The SMILES string of the molecule is CC(C)(C)C(=O)c1c(O)c(O)c(F)c(C(=O)C(C)(C)C)c1[C@@H](O)CN. The minimum atomic E-state index is -1.57. The molecule has 0 aliphatic rings. The first kappa shape index (κ1) is 21.1. The fourth-order valence-corrected chi connectivity index (χ4v) is 2.36. The fraction of sp³-hybridized carbons (Fsp3) is 0.556. The first-order valence-electron chi connectivity index (χ1n) is 7.91. The van der Waals surface area contributed by atoms with Crippen molar-refractivity contribution in [1.82, 2.24) is 0 Å². The standard InChI is InChI=1S/C18H26FNO5/c1-17(2,3)15(24)10-9(8(21)7-20)11(16(25)18(4,5)6)13(22)14(23)12(10)19/h8,21-23H,7,20H2,1-6H3/t8-/m0/s1. The zero-order valence-corrected chi connectivity index (χ0v) is 15.4. The van der Waals surface area contributed by atoms with Crippen molar-refractivity contribution in [2.24, 2.45) is 16.6 Å². The molecule has 0 aromatic heterocycles. The predicted molar refractivity (Wildman–Crippen MR) is 91.3 cm³/mol. The number of Topliss-reactive ketones (excluding diaryl/α,β-unsaturated/α-hetero) is 2. The fourth-order valence-electron chi connectivity index (χ4n) is 2.36. The number of benzene rings is 1. The molecule has 1 aromatic carbocycles. The van der Waals surface area contributed by atoms with E-state index in [1.165, 1.54) is 20.8 Å². The number of phenolic OH excluding ortho intramolecular Hbond substituents is 2. The van der Waals surface area contributed by atoms with E-state index in [2.05, 4.69) is 0 Å². The van der Waals surface area contributed by atoms with Crippen molar-refractivity contribution >= 4 is 11.6 Å². The first-order chi connectivity index (χ1) is 11.2. The number of carbonyl (C=O) groups excluding carboxylic acids is 2. The summed E-state index contributed by atoms with van der Waals surface area (Å²) in [4.78, 5) is 25.5. The quantitative estimate of drug-likeness (QED) is 0.487. The van der Waals surface area contributed by atoms with E-state index in [1.54, 1.807) is 20.8 Å². The highest BCUT2D eigenvalue weighted by atomic mass is 19.1. The Morgan fingerprint density at radius 2 is 1.36 bits per heavy atom. The lowest BCUT2D eigenvalue weighted by atomic mass is 9.77. The van der Waals surface area contributed by atoms with Crippen molar-refractivity contribution in [3.63, 3.8) is 0 Å². The van der Waals surface area contributed by atoms with Crippen LogP contribution in [0.1, 0.15) is 73.9 Å². The van der Waals surface area contributed by atoms with E-state index < -0.39 is 69.1 Å². The molecular formula is C18H26FNO5. The largest absolute Gasteiger partial charge is 0.504 e. The van der Waals surface area contributed by atoms with Gasteiger partial charge in [-0.3, -0.25) is 9.59 Å². The Labute approximate surface area is 146 Å². The van der Waals surface area contributed by atoms with Crippen molar-refractivity contribution in [3.8, 4) is 11.5 Å². The van der Waals surface area contributed by atoms with Gasteiger partial charge < -0.3 is 21.1 Å². The molecular weight excluding hydrogens is 329 g/mol. The average molecular weight is 355 g/mol. The molecule has 0 amide bonds. The molecule has 0 saturated carbocycles. The van der Waals surface area contributed by atoms with Gasteiger partial charge in [-0.05, 0) is 0 Å². The molecule has 0 bridgehead atoms. The number of hydrogen-bond donors (Lipinski definition) is 4. The molecule has 1 rings (SSSR count). The number of aromatic hydroxyl groups is 2. The van der Waals surface area contributed by atoms with E-state index >= 15 is 0 Å². The van der Waals surface area contributed by atoms with Gasteiger partial charge in [0.25, 0.3) is 0 Å². The van der Waals surface area contributed by atoms with Crippen LogP contribution in [0.2, 0.25) is 0 Å². The molecule has 1 aromatic rings. The number of hydrogen-bond acceptors (Lipinski definition) is 6. The van der Waals surface area contributed by atoms with E-state index in [4.69, 9.17) is 5.73 Å². The number of halogens is 1. The predicted octanol–water partition coefficient (Wildman–Crippen LogP) is 2.69. The molecule has 0 radical (unpaired) electrons. The average Bonchev–Trinajstić information content (AvgIpc) is 2.48. The van der Waals surface area contributed by atoms with Crippen LogP contribution < -0.4 is 5.73 Å². The van der Waals surface area contributed by atoms with Gasteiger partial charge in [0.2, 0.25) is 0 Å². The Hall–Kier alpha value is -1.99. The molecule has 0 spiro atoms. The van der Waals surface area contributed by atoms with Crippen LogP contribution in [0.4, 0.5) is 4.39 Å². The second kappa shape index (κ2) is 6.72. The summed E-state index contributed by atoms with van der Waals surface area (Å²) in [5.74, 6) is -4.99. The smallest absolute Gasteiger partial charge is 0.195 e. The second-order valence-corrected chi connectivity index (χ2v) is 8.08. The summed E-state index contributed by atoms with van der Waals surface area (Å²) >= 11 is 0. The van der Waals surface area contributed by atoms with Gasteiger partial charge in [0.05, 0.1) is 17.2 Å².